The van der Waals surface area contributed by atoms with E-state index in [1.165, 1.54) is 0 Å². The van der Waals surface area contributed by atoms with Gasteiger partial charge in [-0.3, -0.25) is 0 Å². The second kappa shape index (κ2) is 11.6. The fourth-order valence-electron chi connectivity index (χ4n) is 6.98. The van der Waals surface area contributed by atoms with Crippen LogP contribution < -0.4 is 0 Å². The van der Waals surface area contributed by atoms with E-state index in [1.807, 2.05) is 97.1 Å². The molecule has 0 spiro atoms. The second-order valence-electron chi connectivity index (χ2n) is 12.7. The molecule has 0 unspecified atom stereocenters. The molecular formula is C45H28N4O2. The summed E-state index contributed by atoms with van der Waals surface area (Å²) >= 11 is 0. The van der Waals surface area contributed by atoms with Crippen molar-refractivity contribution in [1.82, 2.24) is 19.9 Å². The van der Waals surface area contributed by atoms with E-state index in [9.17, 15) is 0 Å². The van der Waals surface area contributed by atoms with Crippen molar-refractivity contribution in [1.29, 1.82) is 0 Å². The van der Waals surface area contributed by atoms with Crippen molar-refractivity contribution in [3.05, 3.63) is 157 Å². The minimum atomic E-state index is 0.634. The van der Waals surface area contributed by atoms with Gasteiger partial charge >= 0.3 is 0 Å². The van der Waals surface area contributed by atoms with Crippen LogP contribution >= 0.6 is 0 Å². The largest absolute Gasteiger partial charge is 0.454 e. The van der Waals surface area contributed by atoms with E-state index in [2.05, 4.69) is 61.5 Å². The number of benzene rings is 6. The highest BCUT2D eigenvalue weighted by Gasteiger charge is 2.22. The molecule has 6 aromatic carbocycles. The van der Waals surface area contributed by atoms with Gasteiger partial charge < -0.3 is 8.83 Å². The topological polar surface area (TPSA) is 77.8 Å². The van der Waals surface area contributed by atoms with Gasteiger partial charge in [0.25, 0.3) is 0 Å². The van der Waals surface area contributed by atoms with Gasteiger partial charge in [-0.25, -0.2) is 19.9 Å². The third kappa shape index (κ3) is 4.88. The Morgan fingerprint density at radius 2 is 0.843 bits per heavy atom. The van der Waals surface area contributed by atoms with Crippen LogP contribution in [0.1, 0.15) is 5.56 Å². The third-order valence-electron chi connectivity index (χ3n) is 9.48. The smallest absolute Gasteiger partial charge is 0.165 e. The molecule has 6 nitrogen and oxygen atoms in total. The summed E-state index contributed by atoms with van der Waals surface area (Å²) < 4.78 is 12.9. The van der Waals surface area contributed by atoms with E-state index >= 15 is 0 Å². The summed E-state index contributed by atoms with van der Waals surface area (Å²) in [6, 6.07) is 51.2. The first-order chi connectivity index (χ1) is 25.2. The molecule has 0 aliphatic heterocycles. The van der Waals surface area contributed by atoms with Crippen LogP contribution in [0.4, 0.5) is 0 Å². The summed E-state index contributed by atoms with van der Waals surface area (Å²) in [4.78, 5) is 19.8. The molecule has 10 aromatic rings. The Morgan fingerprint density at radius 1 is 0.392 bits per heavy atom. The Kier molecular flexibility index (Phi) is 6.61. The molecule has 0 aliphatic carbocycles. The fourth-order valence-corrected chi connectivity index (χ4v) is 6.98. The number of fused-ring (bicyclic) bond motifs is 6. The number of furan rings is 2. The van der Waals surface area contributed by atoms with Crippen molar-refractivity contribution in [2.75, 3.05) is 0 Å². The van der Waals surface area contributed by atoms with Gasteiger partial charge in [0, 0.05) is 27.5 Å². The van der Waals surface area contributed by atoms with Crippen LogP contribution in [0.2, 0.25) is 0 Å². The molecule has 6 heteroatoms. The summed E-state index contributed by atoms with van der Waals surface area (Å²) in [5.74, 6) is 1.92. The number of hydrogen-bond donors (Lipinski definition) is 0. The number of rotatable bonds is 5. The van der Waals surface area contributed by atoms with Gasteiger partial charge in [0.2, 0.25) is 0 Å². The van der Waals surface area contributed by atoms with Crippen LogP contribution in [-0.4, -0.2) is 19.9 Å². The summed E-state index contributed by atoms with van der Waals surface area (Å²) in [6.45, 7) is 2.13. The highest BCUT2D eigenvalue weighted by atomic mass is 16.3. The quantitative estimate of drug-likeness (QED) is 0.183. The first-order valence-electron chi connectivity index (χ1n) is 16.9. The maximum Gasteiger partial charge on any atom is 0.165 e. The van der Waals surface area contributed by atoms with Crippen molar-refractivity contribution in [2.45, 2.75) is 6.92 Å². The van der Waals surface area contributed by atoms with E-state index in [-0.39, 0.29) is 0 Å². The van der Waals surface area contributed by atoms with E-state index in [0.717, 1.165) is 88.6 Å². The van der Waals surface area contributed by atoms with Crippen molar-refractivity contribution in [2.24, 2.45) is 0 Å². The predicted molar refractivity (Wildman–Crippen MR) is 204 cm³/mol. The monoisotopic (exact) mass is 656 g/mol. The molecule has 0 bridgehead atoms. The SMILES string of the molecule is Cc1cc(-c2nc(-c3ccccc3)nc(-c3ccccc3)n2)ccc1-c1ccc(-c2c3oc4ccccc4c3nc3c2oc2ccccc23)cc1. The molecule has 0 atom stereocenters. The first-order valence-corrected chi connectivity index (χ1v) is 16.9. The fraction of sp³-hybridized carbons (Fsp3) is 0.0222. The normalized spacial score (nSPS) is 11.6. The highest BCUT2D eigenvalue weighted by molar-refractivity contribution is 6.18. The van der Waals surface area contributed by atoms with Crippen molar-refractivity contribution >= 4 is 44.1 Å². The molecule has 0 N–H and O–H groups in total. The van der Waals surface area contributed by atoms with E-state index in [0.29, 0.717) is 17.5 Å². The van der Waals surface area contributed by atoms with Crippen molar-refractivity contribution in [3.8, 4) is 56.4 Å². The molecule has 0 fully saturated rings. The molecule has 0 saturated heterocycles. The molecule has 4 heterocycles. The Hall–Kier alpha value is -6.92. The predicted octanol–water partition coefficient (Wildman–Crippen LogP) is 11.7. The number of pyridine rings is 1. The molecule has 4 aromatic heterocycles. The standard InChI is InChI=1S/C45H28N4O2/c1-27-26-32(45-48-43(30-12-4-2-5-13-30)47-44(49-45)31-14-6-3-7-15-31)24-25-33(27)28-20-22-29(23-21-28)38-41-39(34-16-8-10-18-36(34)50-41)46-40-35-17-9-11-19-37(35)51-42(38)40/h2-26H,1H3. The molecular weight excluding hydrogens is 629 g/mol. The molecule has 0 amide bonds. The highest BCUT2D eigenvalue weighted by Crippen LogP contribution is 2.43. The van der Waals surface area contributed by atoms with Crippen LogP contribution in [-0.2, 0) is 0 Å². The Bertz CT molecular complexity index is 2770. The average molecular weight is 657 g/mol. The zero-order valence-electron chi connectivity index (χ0n) is 27.5. The minimum Gasteiger partial charge on any atom is -0.454 e. The van der Waals surface area contributed by atoms with Gasteiger partial charge in [0.15, 0.2) is 28.6 Å². The van der Waals surface area contributed by atoms with Gasteiger partial charge in [-0.15, -0.1) is 0 Å². The molecule has 10 rings (SSSR count). The zero-order chi connectivity index (χ0) is 33.9. The minimum absolute atomic E-state index is 0.634. The lowest BCUT2D eigenvalue weighted by Crippen LogP contribution is -2.00. The summed E-state index contributed by atoms with van der Waals surface area (Å²) in [5, 5.41) is 1.97. The van der Waals surface area contributed by atoms with Crippen LogP contribution in [0, 0.1) is 6.92 Å². The lowest BCUT2D eigenvalue weighted by Gasteiger charge is -2.12. The maximum atomic E-state index is 6.47. The summed E-state index contributed by atoms with van der Waals surface area (Å²) in [6.07, 6.45) is 0. The van der Waals surface area contributed by atoms with Crippen LogP contribution in [0.25, 0.3) is 101 Å². The van der Waals surface area contributed by atoms with E-state index in [4.69, 9.17) is 28.8 Å². The maximum absolute atomic E-state index is 6.47. The van der Waals surface area contributed by atoms with Gasteiger partial charge in [-0.2, -0.15) is 0 Å². The van der Waals surface area contributed by atoms with Crippen molar-refractivity contribution in [3.63, 3.8) is 0 Å². The molecule has 240 valence electrons. The van der Waals surface area contributed by atoms with Gasteiger partial charge in [0.05, 0.1) is 5.56 Å². The number of aryl methyl sites for hydroxylation is 1. The second-order valence-corrected chi connectivity index (χ2v) is 12.7. The molecule has 0 aliphatic rings. The number of para-hydroxylation sites is 2. The Labute approximate surface area is 292 Å². The number of nitrogens with zero attached hydrogens (tertiary/aromatic N) is 4. The Morgan fingerprint density at radius 3 is 1.37 bits per heavy atom. The van der Waals surface area contributed by atoms with Crippen LogP contribution in [0.5, 0.6) is 0 Å². The Balaban J connectivity index is 1.06. The molecule has 0 radical (unpaired) electrons. The van der Waals surface area contributed by atoms with Gasteiger partial charge in [0.1, 0.15) is 22.2 Å². The van der Waals surface area contributed by atoms with E-state index in [1.54, 1.807) is 0 Å². The average Bonchev–Trinajstić information content (AvgIpc) is 3.76. The van der Waals surface area contributed by atoms with Crippen molar-refractivity contribution < 1.29 is 8.83 Å². The molecule has 0 saturated carbocycles. The first kappa shape index (κ1) is 29.0. The van der Waals surface area contributed by atoms with Crippen LogP contribution in [0.15, 0.2) is 160 Å². The van der Waals surface area contributed by atoms with Gasteiger partial charge in [-0.05, 0) is 59.5 Å². The number of hydrogen-bond acceptors (Lipinski definition) is 6. The summed E-state index contributed by atoms with van der Waals surface area (Å²) in [5.41, 5.74) is 12.8. The third-order valence-corrected chi connectivity index (χ3v) is 9.48. The lowest BCUT2D eigenvalue weighted by atomic mass is 9.95. The molecule has 51 heavy (non-hydrogen) atoms. The summed E-state index contributed by atoms with van der Waals surface area (Å²) in [7, 11) is 0. The lowest BCUT2D eigenvalue weighted by molar-refractivity contribution is 0.657. The van der Waals surface area contributed by atoms with Gasteiger partial charge in [-0.1, -0.05) is 121 Å². The van der Waals surface area contributed by atoms with E-state index < -0.39 is 0 Å². The van der Waals surface area contributed by atoms with Crippen LogP contribution in [0.3, 0.4) is 0 Å². The number of aromatic nitrogens is 4. The zero-order valence-corrected chi connectivity index (χ0v) is 27.5.